The standard InChI is InChI=1S/C4H6O5.Na.H2O.H/c5-2(4(8)9)1-3(6)7;;;/h2,5H,1H2,(H,6,7)(H,8,9);;1H2;. The normalized spacial score (nSPS) is 10.3. The Kier molecular flexibility index (Phi) is 12.4. The molecule has 0 aromatic rings. The molecule has 0 saturated carbocycles. The fourth-order valence-corrected chi connectivity index (χ4v) is 0.253. The first-order chi connectivity index (χ1) is 4.04. The molecule has 0 aromatic heterocycles. The van der Waals surface area contributed by atoms with Crippen molar-refractivity contribution in [1.82, 2.24) is 0 Å². The fourth-order valence-electron chi connectivity index (χ4n) is 0.253. The predicted molar refractivity (Wildman–Crippen MR) is 36.7 cm³/mol. The molecule has 7 heteroatoms. The summed E-state index contributed by atoms with van der Waals surface area (Å²) in [6, 6.07) is 0. The van der Waals surface area contributed by atoms with Gasteiger partial charge in [0.1, 0.15) is 0 Å². The Labute approximate surface area is 84.4 Å². The van der Waals surface area contributed by atoms with Crippen molar-refractivity contribution in [3.63, 3.8) is 0 Å². The number of rotatable bonds is 3. The molecule has 0 heterocycles. The minimum absolute atomic E-state index is 0. The zero-order valence-corrected chi connectivity index (χ0v) is 4.94. The van der Waals surface area contributed by atoms with E-state index in [-0.39, 0.29) is 35.0 Å². The van der Waals surface area contributed by atoms with Crippen molar-refractivity contribution in [2.75, 3.05) is 0 Å². The van der Waals surface area contributed by atoms with Crippen LogP contribution in [0.25, 0.3) is 0 Å². The second kappa shape index (κ2) is 7.96. The van der Waals surface area contributed by atoms with Crippen LogP contribution >= 0.6 is 0 Å². The van der Waals surface area contributed by atoms with E-state index in [0.717, 1.165) is 0 Å². The third-order valence-electron chi connectivity index (χ3n) is 0.653. The van der Waals surface area contributed by atoms with Crippen LogP contribution in [0.4, 0.5) is 0 Å². The first-order valence-electron chi connectivity index (χ1n) is 2.16. The molecule has 1 unspecified atom stereocenters. The number of aliphatic hydroxyl groups excluding tert-OH is 1. The number of carbonyl (C=O) groups is 2. The predicted octanol–water partition coefficient (Wildman–Crippen LogP) is -2.57. The molecular weight excluding hydrogens is 167 g/mol. The van der Waals surface area contributed by atoms with E-state index in [1.54, 1.807) is 0 Å². The zero-order chi connectivity index (χ0) is 7.44. The van der Waals surface area contributed by atoms with Gasteiger partial charge in [-0.05, 0) is 0 Å². The van der Waals surface area contributed by atoms with Crippen molar-refractivity contribution >= 4 is 41.5 Å². The Balaban J connectivity index is -0.000000320. The van der Waals surface area contributed by atoms with Gasteiger partial charge < -0.3 is 20.8 Å². The Morgan fingerprint density at radius 2 is 1.64 bits per heavy atom. The summed E-state index contributed by atoms with van der Waals surface area (Å²) in [6.07, 6.45) is -2.54. The summed E-state index contributed by atoms with van der Waals surface area (Å²) in [7, 11) is 0. The van der Waals surface area contributed by atoms with E-state index in [0.29, 0.717) is 0 Å². The molecular formula is C4H9NaO6. The molecule has 5 N–H and O–H groups in total. The van der Waals surface area contributed by atoms with Gasteiger partial charge in [-0.3, -0.25) is 4.79 Å². The zero-order valence-electron chi connectivity index (χ0n) is 4.94. The van der Waals surface area contributed by atoms with E-state index in [2.05, 4.69) is 0 Å². The quantitative estimate of drug-likeness (QED) is 0.407. The van der Waals surface area contributed by atoms with Crippen LogP contribution in [0, 0.1) is 0 Å². The van der Waals surface area contributed by atoms with Gasteiger partial charge in [-0.2, -0.15) is 0 Å². The van der Waals surface area contributed by atoms with Crippen molar-refractivity contribution < 1.29 is 30.4 Å². The Morgan fingerprint density at radius 1 is 1.27 bits per heavy atom. The molecule has 0 saturated heterocycles. The summed E-state index contributed by atoms with van der Waals surface area (Å²) in [5, 5.41) is 24.1. The maximum absolute atomic E-state index is 9.72. The summed E-state index contributed by atoms with van der Waals surface area (Å²) >= 11 is 0. The van der Waals surface area contributed by atoms with Crippen LogP contribution in [0.1, 0.15) is 6.42 Å². The van der Waals surface area contributed by atoms with Gasteiger partial charge in [0.2, 0.25) is 0 Å². The van der Waals surface area contributed by atoms with E-state index in [1.165, 1.54) is 0 Å². The third-order valence-corrected chi connectivity index (χ3v) is 0.653. The van der Waals surface area contributed by atoms with Gasteiger partial charge >= 0.3 is 41.5 Å². The Bertz CT molecular complexity index is 135. The Hall–Kier alpha value is -0.140. The summed E-state index contributed by atoms with van der Waals surface area (Å²) in [6.45, 7) is 0. The average Bonchev–Trinajstić information content (AvgIpc) is 1.63. The Morgan fingerprint density at radius 3 is 1.73 bits per heavy atom. The topological polar surface area (TPSA) is 126 Å². The van der Waals surface area contributed by atoms with Crippen molar-refractivity contribution in [2.24, 2.45) is 0 Å². The maximum atomic E-state index is 9.72. The van der Waals surface area contributed by atoms with Crippen LogP contribution in [-0.2, 0) is 9.59 Å². The van der Waals surface area contributed by atoms with Crippen molar-refractivity contribution in [2.45, 2.75) is 12.5 Å². The molecule has 0 amide bonds. The molecule has 1 atom stereocenters. The van der Waals surface area contributed by atoms with Gasteiger partial charge in [0.25, 0.3) is 0 Å². The first-order valence-corrected chi connectivity index (χ1v) is 2.16. The molecule has 0 aliphatic heterocycles. The van der Waals surface area contributed by atoms with Crippen molar-refractivity contribution in [3.8, 4) is 0 Å². The molecule has 6 nitrogen and oxygen atoms in total. The number of aliphatic hydroxyl groups is 1. The molecule has 0 aromatic carbocycles. The second-order valence-corrected chi connectivity index (χ2v) is 1.45. The molecule has 0 bridgehead atoms. The minimum atomic E-state index is -1.79. The fraction of sp³-hybridized carbons (Fsp3) is 0.500. The summed E-state index contributed by atoms with van der Waals surface area (Å²) in [5.41, 5.74) is 0. The van der Waals surface area contributed by atoms with Gasteiger partial charge in [0.05, 0.1) is 6.42 Å². The average molecular weight is 176 g/mol. The molecule has 62 valence electrons. The molecule has 0 radical (unpaired) electrons. The van der Waals surface area contributed by atoms with Gasteiger partial charge in [-0.1, -0.05) is 0 Å². The van der Waals surface area contributed by atoms with Crippen LogP contribution in [0.15, 0.2) is 0 Å². The number of aliphatic carboxylic acids is 2. The molecule has 0 aliphatic carbocycles. The second-order valence-electron chi connectivity index (χ2n) is 1.45. The van der Waals surface area contributed by atoms with E-state index in [9.17, 15) is 9.59 Å². The van der Waals surface area contributed by atoms with Crippen LogP contribution in [0.5, 0.6) is 0 Å². The third kappa shape index (κ3) is 9.86. The van der Waals surface area contributed by atoms with E-state index in [1.807, 2.05) is 0 Å². The summed E-state index contributed by atoms with van der Waals surface area (Å²) in [5.74, 6) is -2.85. The molecule has 0 spiro atoms. The molecule has 11 heavy (non-hydrogen) atoms. The van der Waals surface area contributed by atoms with Crippen LogP contribution < -0.4 is 0 Å². The van der Waals surface area contributed by atoms with Gasteiger partial charge in [-0.25, -0.2) is 4.79 Å². The van der Waals surface area contributed by atoms with Crippen molar-refractivity contribution in [3.05, 3.63) is 0 Å². The molecule has 0 aliphatic rings. The van der Waals surface area contributed by atoms with E-state index >= 15 is 0 Å². The summed E-state index contributed by atoms with van der Waals surface area (Å²) < 4.78 is 0. The van der Waals surface area contributed by atoms with E-state index < -0.39 is 24.5 Å². The summed E-state index contributed by atoms with van der Waals surface area (Å²) in [4.78, 5) is 19.4. The number of hydrogen-bond acceptors (Lipinski definition) is 3. The number of hydrogen-bond donors (Lipinski definition) is 3. The molecule has 0 fully saturated rings. The number of carboxylic acids is 2. The number of carboxylic acid groups (broad SMARTS) is 2. The SMILES string of the molecule is O.O=C(O)CC(O)C(=O)O.[NaH]. The van der Waals surface area contributed by atoms with Gasteiger partial charge in [-0.15, -0.1) is 0 Å². The monoisotopic (exact) mass is 176 g/mol. The van der Waals surface area contributed by atoms with Crippen LogP contribution in [0.2, 0.25) is 0 Å². The molecule has 0 rings (SSSR count). The van der Waals surface area contributed by atoms with E-state index in [4.69, 9.17) is 15.3 Å². The van der Waals surface area contributed by atoms with Crippen LogP contribution in [0.3, 0.4) is 0 Å². The van der Waals surface area contributed by atoms with Crippen LogP contribution in [-0.4, -0.2) is 68.4 Å². The first kappa shape index (κ1) is 17.1. The van der Waals surface area contributed by atoms with Crippen molar-refractivity contribution in [1.29, 1.82) is 0 Å². The van der Waals surface area contributed by atoms with Gasteiger partial charge in [0.15, 0.2) is 6.10 Å². The van der Waals surface area contributed by atoms with Gasteiger partial charge in [0, 0.05) is 0 Å².